The Kier molecular flexibility index (Phi) is 4.45. The van der Waals surface area contributed by atoms with Crippen LogP contribution in [0.1, 0.15) is 23.2 Å². The van der Waals surface area contributed by atoms with Crippen LogP contribution in [0.3, 0.4) is 0 Å². The fraction of sp³-hybridized carbons (Fsp3) is 0.462. The van der Waals surface area contributed by atoms with Crippen LogP contribution in [0.15, 0.2) is 18.2 Å². The number of amides is 1. The Bertz CT molecular complexity index is 451. The molecule has 1 aliphatic rings. The zero-order valence-corrected chi connectivity index (χ0v) is 12.5. The Morgan fingerprint density at radius 3 is 3.00 bits per heavy atom. The molecule has 1 amide bonds. The van der Waals surface area contributed by atoms with Crippen molar-refractivity contribution >= 4 is 28.5 Å². The molecule has 2 rings (SSSR count). The fourth-order valence-corrected chi connectivity index (χ4v) is 2.54. The van der Waals surface area contributed by atoms with Crippen molar-refractivity contribution < 1.29 is 9.90 Å². The zero-order valence-electron chi connectivity index (χ0n) is 10.3. The predicted molar refractivity (Wildman–Crippen MR) is 78.8 cm³/mol. The van der Waals surface area contributed by atoms with Crippen molar-refractivity contribution in [3.05, 3.63) is 27.3 Å². The average Bonchev–Trinajstić information content (AvgIpc) is 2.75. The van der Waals surface area contributed by atoms with Gasteiger partial charge in [0.15, 0.2) is 0 Å². The Morgan fingerprint density at radius 1 is 1.61 bits per heavy atom. The van der Waals surface area contributed by atoms with Gasteiger partial charge in [0.25, 0.3) is 5.91 Å². The highest BCUT2D eigenvalue weighted by molar-refractivity contribution is 14.1. The van der Waals surface area contributed by atoms with Gasteiger partial charge in [0.05, 0.1) is 3.57 Å². The lowest BCUT2D eigenvalue weighted by molar-refractivity contribution is 0.0943. The maximum atomic E-state index is 11.9. The second-order valence-electron chi connectivity index (χ2n) is 4.65. The van der Waals surface area contributed by atoms with Crippen LogP contribution < -0.4 is 5.32 Å². The Hall–Kier alpha value is -0.820. The van der Waals surface area contributed by atoms with E-state index in [9.17, 15) is 9.90 Å². The molecular formula is C13H17IN2O2. The van der Waals surface area contributed by atoms with Gasteiger partial charge in [-0.05, 0) is 67.2 Å². The quantitative estimate of drug-likeness (QED) is 0.809. The van der Waals surface area contributed by atoms with Crippen LogP contribution >= 0.6 is 22.6 Å². The van der Waals surface area contributed by atoms with Crippen molar-refractivity contribution in [2.75, 3.05) is 20.1 Å². The molecule has 0 spiro atoms. The van der Waals surface area contributed by atoms with E-state index in [-0.39, 0.29) is 11.7 Å². The first-order valence-electron chi connectivity index (χ1n) is 6.05. The van der Waals surface area contributed by atoms with E-state index < -0.39 is 0 Å². The summed E-state index contributed by atoms with van der Waals surface area (Å²) in [4.78, 5) is 14.2. The van der Waals surface area contributed by atoms with Gasteiger partial charge in [0.1, 0.15) is 5.75 Å². The molecule has 1 aliphatic heterocycles. The average molecular weight is 360 g/mol. The van der Waals surface area contributed by atoms with Crippen molar-refractivity contribution in [1.82, 2.24) is 10.2 Å². The zero-order chi connectivity index (χ0) is 13.1. The third-order valence-electron chi connectivity index (χ3n) is 3.38. The number of likely N-dealkylation sites (N-methyl/N-ethyl adjacent to an activating group) is 1. The third-order valence-corrected chi connectivity index (χ3v) is 4.29. The summed E-state index contributed by atoms with van der Waals surface area (Å²) in [5, 5.41) is 12.5. The SMILES string of the molecule is CN1CCCC1CNC(=O)c1ccc(I)c(O)c1. The molecule has 5 heteroatoms. The second kappa shape index (κ2) is 5.88. The first-order chi connectivity index (χ1) is 8.58. The first kappa shape index (κ1) is 13.6. The molecule has 2 N–H and O–H groups in total. The van der Waals surface area contributed by atoms with Gasteiger partial charge in [-0.2, -0.15) is 0 Å². The highest BCUT2D eigenvalue weighted by Gasteiger charge is 2.21. The van der Waals surface area contributed by atoms with Gasteiger partial charge < -0.3 is 15.3 Å². The van der Waals surface area contributed by atoms with Gasteiger partial charge in [-0.3, -0.25) is 4.79 Å². The van der Waals surface area contributed by atoms with E-state index in [1.54, 1.807) is 12.1 Å². The van der Waals surface area contributed by atoms with Crippen molar-refractivity contribution in [2.24, 2.45) is 0 Å². The molecular weight excluding hydrogens is 343 g/mol. The van der Waals surface area contributed by atoms with E-state index in [0.29, 0.717) is 18.2 Å². The number of nitrogens with zero attached hydrogens (tertiary/aromatic N) is 1. The van der Waals surface area contributed by atoms with Gasteiger partial charge in [-0.1, -0.05) is 0 Å². The minimum Gasteiger partial charge on any atom is -0.507 e. The van der Waals surface area contributed by atoms with Crippen LogP contribution in [-0.2, 0) is 0 Å². The third kappa shape index (κ3) is 3.14. The minimum atomic E-state index is -0.123. The van der Waals surface area contributed by atoms with Crippen LogP contribution in [0.4, 0.5) is 0 Å². The number of hydrogen-bond donors (Lipinski definition) is 2. The number of hydrogen-bond acceptors (Lipinski definition) is 3. The normalized spacial score (nSPS) is 20.0. The topological polar surface area (TPSA) is 52.6 Å². The second-order valence-corrected chi connectivity index (χ2v) is 5.82. The van der Waals surface area contributed by atoms with Crippen molar-refractivity contribution in [3.63, 3.8) is 0 Å². The monoisotopic (exact) mass is 360 g/mol. The lowest BCUT2D eigenvalue weighted by Crippen LogP contribution is -2.38. The van der Waals surface area contributed by atoms with Crippen LogP contribution in [0.2, 0.25) is 0 Å². The van der Waals surface area contributed by atoms with Crippen LogP contribution in [0.25, 0.3) is 0 Å². The number of aromatic hydroxyl groups is 1. The van der Waals surface area contributed by atoms with E-state index in [1.807, 2.05) is 22.6 Å². The molecule has 18 heavy (non-hydrogen) atoms. The Balaban J connectivity index is 1.93. The van der Waals surface area contributed by atoms with Crippen LogP contribution in [0, 0.1) is 3.57 Å². The molecule has 0 aromatic heterocycles. The van der Waals surface area contributed by atoms with Crippen molar-refractivity contribution in [3.8, 4) is 5.75 Å². The molecule has 0 bridgehead atoms. The predicted octanol–water partition coefficient (Wildman–Crippen LogP) is 1.82. The number of halogens is 1. The molecule has 1 fully saturated rings. The summed E-state index contributed by atoms with van der Waals surface area (Å²) in [6.07, 6.45) is 2.33. The van der Waals surface area contributed by atoms with Crippen LogP contribution in [0.5, 0.6) is 5.75 Å². The van der Waals surface area contributed by atoms with Gasteiger partial charge in [0.2, 0.25) is 0 Å². The van der Waals surface area contributed by atoms with Gasteiger partial charge in [-0.15, -0.1) is 0 Å². The fourth-order valence-electron chi connectivity index (χ4n) is 2.20. The first-order valence-corrected chi connectivity index (χ1v) is 7.13. The number of carbonyl (C=O) groups excluding carboxylic acids is 1. The van der Waals surface area contributed by atoms with E-state index in [4.69, 9.17) is 0 Å². The molecule has 1 aromatic rings. The molecule has 0 radical (unpaired) electrons. The summed E-state index contributed by atoms with van der Waals surface area (Å²) in [5.41, 5.74) is 0.508. The maximum Gasteiger partial charge on any atom is 0.251 e. The number of benzene rings is 1. The summed E-state index contributed by atoms with van der Waals surface area (Å²) in [7, 11) is 2.08. The molecule has 4 nitrogen and oxygen atoms in total. The standard InChI is InChI=1S/C13H17IN2O2/c1-16-6-2-3-10(16)8-15-13(18)9-4-5-11(14)12(17)7-9/h4-5,7,10,17H,2-3,6,8H2,1H3,(H,15,18). The molecule has 0 aliphatic carbocycles. The molecule has 1 saturated heterocycles. The minimum absolute atomic E-state index is 0.123. The molecule has 1 aromatic carbocycles. The molecule has 98 valence electrons. The van der Waals surface area contributed by atoms with Crippen LogP contribution in [-0.4, -0.2) is 42.1 Å². The number of phenols is 1. The highest BCUT2D eigenvalue weighted by Crippen LogP contribution is 2.20. The van der Waals surface area contributed by atoms with Crippen molar-refractivity contribution in [2.45, 2.75) is 18.9 Å². The number of phenolic OH excluding ortho intramolecular Hbond substituents is 1. The summed E-state index contributed by atoms with van der Waals surface area (Å²) in [5.74, 6) is 0.0308. The largest absolute Gasteiger partial charge is 0.507 e. The summed E-state index contributed by atoms with van der Waals surface area (Å²) in [6.45, 7) is 1.77. The summed E-state index contributed by atoms with van der Waals surface area (Å²) in [6, 6.07) is 5.42. The summed E-state index contributed by atoms with van der Waals surface area (Å²) >= 11 is 2.03. The highest BCUT2D eigenvalue weighted by atomic mass is 127. The number of likely N-dealkylation sites (tertiary alicyclic amines) is 1. The van der Waals surface area contributed by atoms with Gasteiger partial charge in [0, 0.05) is 18.2 Å². The Morgan fingerprint density at radius 2 is 2.39 bits per heavy atom. The Labute approximate surface area is 121 Å². The van der Waals surface area contributed by atoms with E-state index in [0.717, 1.165) is 16.5 Å². The van der Waals surface area contributed by atoms with Crippen molar-refractivity contribution in [1.29, 1.82) is 0 Å². The summed E-state index contributed by atoms with van der Waals surface area (Å²) < 4.78 is 0.750. The number of rotatable bonds is 3. The van der Waals surface area contributed by atoms with Gasteiger partial charge >= 0.3 is 0 Å². The molecule has 1 heterocycles. The number of nitrogens with one attached hydrogen (secondary N) is 1. The molecule has 1 unspecified atom stereocenters. The smallest absolute Gasteiger partial charge is 0.251 e. The lowest BCUT2D eigenvalue weighted by atomic mass is 10.2. The van der Waals surface area contributed by atoms with E-state index in [1.165, 1.54) is 12.5 Å². The maximum absolute atomic E-state index is 11.9. The van der Waals surface area contributed by atoms with Gasteiger partial charge in [-0.25, -0.2) is 0 Å². The number of carbonyl (C=O) groups is 1. The van der Waals surface area contributed by atoms with E-state index >= 15 is 0 Å². The molecule has 1 atom stereocenters. The molecule has 0 saturated carbocycles. The lowest BCUT2D eigenvalue weighted by Gasteiger charge is -2.19. The van der Waals surface area contributed by atoms with E-state index in [2.05, 4.69) is 17.3 Å².